The molecule has 0 aromatic heterocycles. The lowest BCUT2D eigenvalue weighted by Crippen LogP contribution is -2.32. The normalized spacial score (nSPS) is 18.6. The molecule has 0 amide bonds. The summed E-state index contributed by atoms with van der Waals surface area (Å²) in [5, 5.41) is 0. The number of esters is 3. The fraction of sp³-hybridized carbons (Fsp3) is 0.472. The highest BCUT2D eigenvalue weighted by Gasteiger charge is 2.32. The molecule has 9 atom stereocenters. The first-order valence-corrected chi connectivity index (χ1v) is 37.6. The number of carbonyl (C=O) groups is 3. The molecule has 2 aliphatic heterocycles. The number of rotatable bonds is 39. The second-order valence-corrected chi connectivity index (χ2v) is 26.9. The van der Waals surface area contributed by atoms with Gasteiger partial charge in [0.2, 0.25) is 0 Å². The number of hydrogen-bond acceptors (Lipinski definition) is 21. The van der Waals surface area contributed by atoms with Gasteiger partial charge in [0.25, 0.3) is 0 Å². The van der Waals surface area contributed by atoms with Crippen molar-refractivity contribution in [1.29, 1.82) is 0 Å². The van der Waals surface area contributed by atoms with Crippen molar-refractivity contribution in [2.24, 2.45) is 17.8 Å². The van der Waals surface area contributed by atoms with Crippen LogP contribution in [0.2, 0.25) is 0 Å². The van der Waals surface area contributed by atoms with Crippen molar-refractivity contribution in [1.82, 2.24) is 0 Å². The van der Waals surface area contributed by atoms with Crippen LogP contribution in [0.3, 0.4) is 0 Å². The van der Waals surface area contributed by atoms with Crippen molar-refractivity contribution >= 4 is 17.9 Å². The standard InChI is InChI=1S/C31H42O7.2C29H38O7/c1-7-10-23(3)29(37-22-33-4)20-27(18-19-36-21-24-14-16-26(34-5)17-15-24)38-31(32)30-25(11-8-2)12-9-13-28(30)35-6;2*1-21-8-5-6-9-23-10-7-11-26(33-4)28(23)29(30)36-25(18-27(21)35-20-31-2)16-17-34-19-22-12-14-24(32-3)15-13-22/h7-9,12-17,23,27,29H,1-2,10-11,18-22H2,3-6H3;2*5-7,10-15,21,25,27H,8-9,16-20H2,1-4H3/b;6-5+;6-5-/t23-,27?,29+;2*21-,25?,27+/m000/s1. The topological polar surface area (TPSA) is 217 Å². The van der Waals surface area contributed by atoms with Crippen LogP contribution in [0.15, 0.2) is 177 Å². The molecule has 0 saturated carbocycles. The monoisotopic (exact) mass is 1520 g/mol. The molecule has 2 heterocycles. The van der Waals surface area contributed by atoms with Gasteiger partial charge in [-0.1, -0.05) is 130 Å². The molecule has 0 saturated heterocycles. The molecule has 2 aliphatic rings. The maximum absolute atomic E-state index is 13.5. The summed E-state index contributed by atoms with van der Waals surface area (Å²) in [6.07, 6.45) is 17.8. The predicted octanol–water partition coefficient (Wildman–Crippen LogP) is 16.9. The van der Waals surface area contributed by atoms with Gasteiger partial charge in [-0.15, -0.1) is 13.2 Å². The SMILES string of the molecule is C=CCc1cccc(OC)c1C(=O)OC(CCOCc1ccc(OC)cc1)C[C@@H](OCOC)[C@@H](C)CC=C.COCO[C@@H]1CC(CCOCc2ccc(OC)cc2)OC(=O)c2c(cccc2OC)C/C=C/C[C@@H]1C.COCO[C@@H]1CC(CCOCc2ccc(OC)cc2)OC(=O)c2c(cccc2OC)C/C=C\C[C@@H]1C. The molecule has 110 heavy (non-hydrogen) atoms. The minimum Gasteiger partial charge on any atom is -0.497 e. The predicted molar refractivity (Wildman–Crippen MR) is 424 cm³/mol. The molecular weight excluding hydrogens is 1400 g/mol. The molecule has 21 nitrogen and oxygen atoms in total. The summed E-state index contributed by atoms with van der Waals surface area (Å²) in [7, 11) is 14.4. The lowest BCUT2D eigenvalue weighted by atomic mass is 9.93. The number of methoxy groups -OCH3 is 9. The molecule has 6 aromatic carbocycles. The number of fused-ring (bicyclic) bond motifs is 2. The zero-order valence-electron chi connectivity index (χ0n) is 66.6. The van der Waals surface area contributed by atoms with Crippen LogP contribution in [0, 0.1) is 17.8 Å². The van der Waals surface area contributed by atoms with Crippen molar-refractivity contribution < 1.29 is 99.6 Å². The largest absolute Gasteiger partial charge is 0.497 e. The Hall–Kier alpha value is -8.87. The minimum absolute atomic E-state index is 0.134. The van der Waals surface area contributed by atoms with E-state index in [0.717, 1.165) is 69.9 Å². The maximum Gasteiger partial charge on any atom is 0.342 e. The molecule has 21 heteroatoms. The summed E-state index contributed by atoms with van der Waals surface area (Å²) < 4.78 is 102. The van der Waals surface area contributed by atoms with Gasteiger partial charge in [-0.05, 0) is 144 Å². The second-order valence-electron chi connectivity index (χ2n) is 26.9. The molecule has 0 fully saturated rings. The van der Waals surface area contributed by atoms with E-state index < -0.39 is 24.0 Å². The van der Waals surface area contributed by atoms with Gasteiger partial charge in [0.15, 0.2) is 0 Å². The smallest absolute Gasteiger partial charge is 0.342 e. The molecule has 3 unspecified atom stereocenters. The van der Waals surface area contributed by atoms with Crippen LogP contribution < -0.4 is 28.4 Å². The third-order valence-electron chi connectivity index (χ3n) is 19.0. The molecule has 0 spiro atoms. The zero-order chi connectivity index (χ0) is 79.3. The van der Waals surface area contributed by atoms with Gasteiger partial charge in [-0.3, -0.25) is 0 Å². The Bertz CT molecular complexity index is 3530. The third-order valence-corrected chi connectivity index (χ3v) is 19.0. The molecule has 0 radical (unpaired) electrons. The van der Waals surface area contributed by atoms with Crippen molar-refractivity contribution in [3.05, 3.63) is 227 Å². The summed E-state index contributed by atoms with van der Waals surface area (Å²) in [6.45, 7) is 17.2. The first-order valence-electron chi connectivity index (χ1n) is 37.6. The summed E-state index contributed by atoms with van der Waals surface area (Å²) in [5.41, 5.74) is 7.03. The Balaban J connectivity index is 0.000000258. The summed E-state index contributed by atoms with van der Waals surface area (Å²) >= 11 is 0. The number of allylic oxidation sites excluding steroid dienone is 6. The first-order chi connectivity index (χ1) is 53.6. The van der Waals surface area contributed by atoms with E-state index in [1.54, 1.807) is 88.3 Å². The minimum atomic E-state index is -0.450. The highest BCUT2D eigenvalue weighted by molar-refractivity contribution is 5.96. The number of ether oxygens (including phenoxy) is 18. The fourth-order valence-electron chi connectivity index (χ4n) is 12.7. The summed E-state index contributed by atoms with van der Waals surface area (Å²) in [6, 6.07) is 40.0. The molecular formula is C89H118O21. The first kappa shape index (κ1) is 90.0. The molecule has 600 valence electrons. The average molecular weight is 1520 g/mol. The fourth-order valence-corrected chi connectivity index (χ4v) is 12.7. The van der Waals surface area contributed by atoms with Crippen LogP contribution in [0.5, 0.6) is 34.5 Å². The highest BCUT2D eigenvalue weighted by atomic mass is 16.7. The van der Waals surface area contributed by atoms with Crippen molar-refractivity contribution in [2.45, 2.75) is 154 Å². The van der Waals surface area contributed by atoms with E-state index in [-0.39, 0.29) is 68.7 Å². The maximum atomic E-state index is 13.5. The van der Waals surface area contributed by atoms with Crippen LogP contribution in [-0.2, 0) is 95.9 Å². The van der Waals surface area contributed by atoms with Crippen molar-refractivity contribution in [3.8, 4) is 34.5 Å². The van der Waals surface area contributed by atoms with Crippen molar-refractivity contribution in [3.63, 3.8) is 0 Å². The number of cyclic esters (lactones) is 2. The Morgan fingerprint density at radius 2 is 0.936 bits per heavy atom. The van der Waals surface area contributed by atoms with Gasteiger partial charge < -0.3 is 85.3 Å². The van der Waals surface area contributed by atoms with Gasteiger partial charge in [0.05, 0.1) is 101 Å². The van der Waals surface area contributed by atoms with E-state index in [0.29, 0.717) is 131 Å². The van der Waals surface area contributed by atoms with E-state index >= 15 is 0 Å². The number of hydrogen-bond donors (Lipinski definition) is 0. The van der Waals surface area contributed by atoms with Crippen molar-refractivity contribution in [2.75, 3.05) is 104 Å². The quantitative estimate of drug-likeness (QED) is 0.0115. The molecule has 0 N–H and O–H groups in total. The summed E-state index contributed by atoms with van der Waals surface area (Å²) in [5.74, 6) is 3.28. The van der Waals surface area contributed by atoms with E-state index in [4.69, 9.17) is 85.3 Å². The van der Waals surface area contributed by atoms with E-state index in [1.807, 2.05) is 115 Å². The third kappa shape index (κ3) is 30.8. The Kier molecular flexibility index (Phi) is 42.2. The molecule has 6 aromatic rings. The average Bonchev–Trinajstić information content (AvgIpc) is 0.832. The zero-order valence-corrected chi connectivity index (χ0v) is 66.6. The lowest BCUT2D eigenvalue weighted by molar-refractivity contribution is -0.105. The Morgan fingerprint density at radius 3 is 1.35 bits per heavy atom. The van der Waals surface area contributed by atoms with E-state index in [1.165, 1.54) is 0 Å². The molecule has 8 rings (SSSR count). The van der Waals surface area contributed by atoms with Crippen LogP contribution in [0.4, 0.5) is 0 Å². The summed E-state index contributed by atoms with van der Waals surface area (Å²) in [4.78, 5) is 40.2. The van der Waals surface area contributed by atoms with E-state index in [2.05, 4.69) is 58.2 Å². The highest BCUT2D eigenvalue weighted by Crippen LogP contribution is 2.33. The molecule has 0 bridgehead atoms. The van der Waals surface area contributed by atoms with Gasteiger partial charge >= 0.3 is 17.9 Å². The van der Waals surface area contributed by atoms with Gasteiger partial charge in [-0.2, -0.15) is 0 Å². The Morgan fingerprint density at radius 1 is 0.509 bits per heavy atom. The number of benzene rings is 6. The van der Waals surface area contributed by atoms with Crippen LogP contribution >= 0.6 is 0 Å². The van der Waals surface area contributed by atoms with Crippen LogP contribution in [-0.4, -0.2) is 159 Å². The van der Waals surface area contributed by atoms with Gasteiger partial charge in [0.1, 0.15) is 89.9 Å². The second kappa shape index (κ2) is 51.6. The lowest BCUT2D eigenvalue weighted by Gasteiger charge is -2.28. The molecule has 0 aliphatic carbocycles. The van der Waals surface area contributed by atoms with Gasteiger partial charge in [-0.25, -0.2) is 14.4 Å². The number of carbonyl (C=O) groups excluding carboxylic acids is 3. The van der Waals surface area contributed by atoms with Crippen LogP contribution in [0.1, 0.15) is 143 Å². The van der Waals surface area contributed by atoms with E-state index in [9.17, 15) is 14.4 Å². The Labute approximate surface area is 652 Å². The van der Waals surface area contributed by atoms with Crippen LogP contribution in [0.25, 0.3) is 0 Å². The van der Waals surface area contributed by atoms with Gasteiger partial charge in [0, 0.05) is 59.9 Å².